The highest BCUT2D eigenvalue weighted by molar-refractivity contribution is 6.35. The van der Waals surface area contributed by atoms with Crippen LogP contribution in [0.4, 0.5) is 5.69 Å². The van der Waals surface area contributed by atoms with Crippen molar-refractivity contribution in [1.29, 1.82) is 0 Å². The number of amides is 3. The Morgan fingerprint density at radius 2 is 1.70 bits per heavy atom. The van der Waals surface area contributed by atoms with Gasteiger partial charge in [-0.2, -0.15) is 0 Å². The number of hydrogen-bond donors (Lipinski definition) is 1. The van der Waals surface area contributed by atoms with Crippen molar-refractivity contribution in [2.45, 2.75) is 45.6 Å². The largest absolute Gasteiger partial charge is 0.349 e. The molecule has 1 saturated carbocycles. The average Bonchev–Trinajstić information content (AvgIpc) is 3.25. The van der Waals surface area contributed by atoms with Gasteiger partial charge in [0, 0.05) is 11.6 Å². The Balaban J connectivity index is 1.65. The minimum atomic E-state index is -0.376. The molecule has 0 atom stereocenters. The van der Waals surface area contributed by atoms with Gasteiger partial charge in [-0.3, -0.25) is 14.4 Å². The molecular weight excluding hydrogens is 340 g/mol. The number of anilines is 1. The summed E-state index contributed by atoms with van der Waals surface area (Å²) in [7, 11) is 0. The van der Waals surface area contributed by atoms with E-state index in [4.69, 9.17) is 0 Å². The van der Waals surface area contributed by atoms with Crippen molar-refractivity contribution in [3.63, 3.8) is 0 Å². The number of imide groups is 1. The molecule has 5 nitrogen and oxygen atoms in total. The van der Waals surface area contributed by atoms with Gasteiger partial charge < -0.3 is 5.32 Å². The molecule has 0 radical (unpaired) electrons. The van der Waals surface area contributed by atoms with Gasteiger partial charge in [-0.15, -0.1) is 0 Å². The highest BCUT2D eigenvalue weighted by Gasteiger charge is 2.38. The van der Waals surface area contributed by atoms with Crippen LogP contribution in [0.15, 0.2) is 36.4 Å². The standard InChI is InChI=1S/C22H22N2O3/c1-13-6-5-9-19(14(13)2)24-21(26)17-11-10-15(12-18(17)22(24)27)20(25)23-16-7-3-4-8-16/h5-6,9-12,16H,3-4,7-8H2,1-2H3,(H,23,25). The number of aryl methyl sites for hydroxylation is 1. The van der Waals surface area contributed by atoms with Crippen molar-refractivity contribution in [3.8, 4) is 0 Å². The normalized spacial score (nSPS) is 16.7. The van der Waals surface area contributed by atoms with E-state index in [1.807, 2.05) is 26.0 Å². The first-order valence-electron chi connectivity index (χ1n) is 9.37. The summed E-state index contributed by atoms with van der Waals surface area (Å²) >= 11 is 0. The number of nitrogens with one attached hydrogen (secondary N) is 1. The summed E-state index contributed by atoms with van der Waals surface area (Å²) in [5.41, 5.74) is 3.56. The van der Waals surface area contributed by atoms with Crippen molar-refractivity contribution in [2.75, 3.05) is 4.90 Å². The first-order chi connectivity index (χ1) is 13.0. The lowest BCUT2D eigenvalue weighted by atomic mass is 10.0. The summed E-state index contributed by atoms with van der Waals surface area (Å²) in [6, 6.07) is 10.5. The third-order valence-electron chi connectivity index (χ3n) is 5.66. The molecule has 1 N–H and O–H groups in total. The minimum Gasteiger partial charge on any atom is -0.349 e. The van der Waals surface area contributed by atoms with Crippen molar-refractivity contribution < 1.29 is 14.4 Å². The molecule has 2 aromatic rings. The fraction of sp³-hybridized carbons (Fsp3) is 0.318. The predicted octanol–water partition coefficient (Wildman–Crippen LogP) is 3.78. The maximum absolute atomic E-state index is 13.0. The Kier molecular flexibility index (Phi) is 4.30. The number of nitrogens with zero attached hydrogens (tertiary/aromatic N) is 1. The summed E-state index contributed by atoms with van der Waals surface area (Å²) in [5, 5.41) is 3.02. The maximum atomic E-state index is 13.0. The van der Waals surface area contributed by atoms with Crippen molar-refractivity contribution >= 4 is 23.4 Å². The Labute approximate surface area is 158 Å². The number of benzene rings is 2. The molecule has 27 heavy (non-hydrogen) atoms. The minimum absolute atomic E-state index is 0.185. The Bertz CT molecular complexity index is 958. The molecule has 138 valence electrons. The zero-order chi connectivity index (χ0) is 19.1. The van der Waals surface area contributed by atoms with Crippen LogP contribution in [0, 0.1) is 13.8 Å². The van der Waals surface area contributed by atoms with E-state index < -0.39 is 0 Å². The lowest BCUT2D eigenvalue weighted by molar-refractivity contribution is 0.0921. The molecule has 0 bridgehead atoms. The molecule has 3 amide bonds. The summed E-state index contributed by atoms with van der Waals surface area (Å²) < 4.78 is 0. The van der Waals surface area contributed by atoms with Crippen LogP contribution in [0.1, 0.15) is 67.9 Å². The Morgan fingerprint density at radius 1 is 1.00 bits per heavy atom. The second-order valence-corrected chi connectivity index (χ2v) is 7.38. The Hall–Kier alpha value is -2.95. The SMILES string of the molecule is Cc1cccc(N2C(=O)c3ccc(C(=O)NC4CCCC4)cc3C2=O)c1C. The van der Waals surface area contributed by atoms with E-state index in [0.29, 0.717) is 22.4 Å². The molecule has 0 saturated heterocycles. The molecule has 1 aliphatic heterocycles. The maximum Gasteiger partial charge on any atom is 0.266 e. The second kappa shape index (κ2) is 6.65. The van der Waals surface area contributed by atoms with Gasteiger partial charge in [0.05, 0.1) is 16.8 Å². The van der Waals surface area contributed by atoms with Crippen molar-refractivity contribution in [3.05, 3.63) is 64.2 Å². The van der Waals surface area contributed by atoms with Gasteiger partial charge in [-0.25, -0.2) is 4.90 Å². The van der Waals surface area contributed by atoms with E-state index in [-0.39, 0.29) is 23.8 Å². The fourth-order valence-electron chi connectivity index (χ4n) is 3.92. The molecule has 1 heterocycles. The van der Waals surface area contributed by atoms with Crippen LogP contribution in [0.25, 0.3) is 0 Å². The third-order valence-corrected chi connectivity index (χ3v) is 5.66. The van der Waals surface area contributed by atoms with Gasteiger partial charge in [0.2, 0.25) is 0 Å². The molecule has 1 aliphatic carbocycles. The number of fused-ring (bicyclic) bond motifs is 1. The molecule has 2 aliphatic rings. The van der Waals surface area contributed by atoms with Gasteiger partial charge in [0.15, 0.2) is 0 Å². The van der Waals surface area contributed by atoms with Crippen LogP contribution in [0.3, 0.4) is 0 Å². The van der Waals surface area contributed by atoms with E-state index >= 15 is 0 Å². The van der Waals surface area contributed by atoms with Crippen molar-refractivity contribution in [1.82, 2.24) is 5.32 Å². The summed E-state index contributed by atoms with van der Waals surface area (Å²) in [5.74, 6) is -0.902. The molecular formula is C22H22N2O3. The van der Waals surface area contributed by atoms with Crippen molar-refractivity contribution in [2.24, 2.45) is 0 Å². The second-order valence-electron chi connectivity index (χ2n) is 7.38. The lowest BCUT2D eigenvalue weighted by Gasteiger charge is -2.17. The van der Waals surface area contributed by atoms with Crippen LogP contribution in [0.5, 0.6) is 0 Å². The smallest absolute Gasteiger partial charge is 0.266 e. The summed E-state index contributed by atoms with van der Waals surface area (Å²) in [4.78, 5) is 39.5. The number of carbonyl (C=O) groups excluding carboxylic acids is 3. The molecule has 2 aromatic carbocycles. The lowest BCUT2D eigenvalue weighted by Crippen LogP contribution is -2.32. The van der Waals surface area contributed by atoms with Gasteiger partial charge in [0.25, 0.3) is 17.7 Å². The molecule has 0 spiro atoms. The number of carbonyl (C=O) groups is 3. The first kappa shape index (κ1) is 17.5. The van der Waals surface area contributed by atoms with Gasteiger partial charge in [-0.05, 0) is 62.1 Å². The van der Waals surface area contributed by atoms with E-state index in [0.717, 1.165) is 36.8 Å². The first-order valence-corrected chi connectivity index (χ1v) is 9.37. The van der Waals surface area contributed by atoms with Crippen LogP contribution in [0.2, 0.25) is 0 Å². The van der Waals surface area contributed by atoms with E-state index in [1.54, 1.807) is 24.3 Å². The fourth-order valence-corrected chi connectivity index (χ4v) is 3.92. The van der Waals surface area contributed by atoms with Crippen LogP contribution < -0.4 is 10.2 Å². The van der Waals surface area contributed by atoms with Crippen LogP contribution in [-0.2, 0) is 0 Å². The zero-order valence-electron chi connectivity index (χ0n) is 15.5. The molecule has 5 heteroatoms. The third kappa shape index (κ3) is 2.93. The van der Waals surface area contributed by atoms with Gasteiger partial charge in [-0.1, -0.05) is 25.0 Å². The highest BCUT2D eigenvalue weighted by atomic mass is 16.2. The molecule has 4 rings (SSSR count). The highest BCUT2D eigenvalue weighted by Crippen LogP contribution is 2.32. The summed E-state index contributed by atoms with van der Waals surface area (Å²) in [6.45, 7) is 3.84. The molecule has 0 unspecified atom stereocenters. The Morgan fingerprint density at radius 3 is 2.44 bits per heavy atom. The van der Waals surface area contributed by atoms with E-state index in [2.05, 4.69) is 5.32 Å². The quantitative estimate of drug-likeness (QED) is 0.845. The monoisotopic (exact) mass is 362 g/mol. The number of hydrogen-bond acceptors (Lipinski definition) is 3. The van der Waals surface area contributed by atoms with Crippen LogP contribution in [-0.4, -0.2) is 23.8 Å². The molecule has 0 aromatic heterocycles. The summed E-state index contributed by atoms with van der Waals surface area (Å²) in [6.07, 6.45) is 4.25. The number of rotatable bonds is 3. The van der Waals surface area contributed by atoms with E-state index in [1.165, 1.54) is 4.90 Å². The predicted molar refractivity (Wildman–Crippen MR) is 103 cm³/mol. The van der Waals surface area contributed by atoms with E-state index in [9.17, 15) is 14.4 Å². The van der Waals surface area contributed by atoms with Gasteiger partial charge >= 0.3 is 0 Å². The van der Waals surface area contributed by atoms with Gasteiger partial charge in [0.1, 0.15) is 0 Å². The molecule has 1 fully saturated rings. The average molecular weight is 362 g/mol. The topological polar surface area (TPSA) is 66.5 Å². The zero-order valence-corrected chi connectivity index (χ0v) is 15.5. The van der Waals surface area contributed by atoms with Crippen LogP contribution >= 0.6 is 0 Å².